The van der Waals surface area contributed by atoms with Gasteiger partial charge in [0, 0.05) is 6.42 Å². The van der Waals surface area contributed by atoms with Crippen LogP contribution in [0.5, 0.6) is 5.75 Å². The summed E-state index contributed by atoms with van der Waals surface area (Å²) in [7, 11) is 0. The zero-order valence-electron chi connectivity index (χ0n) is 15.4. The fourth-order valence-corrected chi connectivity index (χ4v) is 3.67. The first kappa shape index (κ1) is 18.2. The summed E-state index contributed by atoms with van der Waals surface area (Å²) in [5.74, 6) is -0.227. The molecule has 0 spiro atoms. The van der Waals surface area contributed by atoms with E-state index < -0.39 is 5.97 Å². The van der Waals surface area contributed by atoms with E-state index in [1.165, 1.54) is 23.3 Å². The Hall–Kier alpha value is -3.14. The molecule has 1 N–H and O–H groups in total. The summed E-state index contributed by atoms with van der Waals surface area (Å²) in [6, 6.07) is 20.5. The van der Waals surface area contributed by atoms with Gasteiger partial charge in [0.05, 0.1) is 0 Å². The van der Waals surface area contributed by atoms with Crippen LogP contribution in [0.2, 0.25) is 0 Å². The first-order chi connectivity index (χ1) is 13.6. The summed E-state index contributed by atoms with van der Waals surface area (Å²) in [4.78, 5) is 10.7. The number of benzene rings is 3. The van der Waals surface area contributed by atoms with Gasteiger partial charge in [-0.25, -0.2) is 4.39 Å². The number of carboxylic acid groups (broad SMARTS) is 1. The normalized spacial score (nSPS) is 15.2. The van der Waals surface area contributed by atoms with E-state index >= 15 is 0 Å². The molecule has 0 aliphatic heterocycles. The lowest BCUT2D eigenvalue weighted by Gasteiger charge is -2.16. The highest BCUT2D eigenvalue weighted by molar-refractivity contribution is 5.67. The number of fused-ring (bicyclic) bond motifs is 1. The average molecular weight is 376 g/mol. The molecule has 3 aromatic carbocycles. The Bertz CT molecular complexity index is 978. The summed E-state index contributed by atoms with van der Waals surface area (Å²) in [6.07, 6.45) is 2.54. The van der Waals surface area contributed by atoms with E-state index in [0.29, 0.717) is 6.42 Å². The van der Waals surface area contributed by atoms with Gasteiger partial charge in [-0.2, -0.15) is 0 Å². The Kier molecular flexibility index (Phi) is 5.11. The number of halogens is 1. The third-order valence-electron chi connectivity index (χ3n) is 5.17. The minimum atomic E-state index is -0.789. The molecular weight excluding hydrogens is 355 g/mol. The zero-order chi connectivity index (χ0) is 19.5. The summed E-state index contributed by atoms with van der Waals surface area (Å²) < 4.78 is 19.3. The molecule has 3 aromatic rings. The molecule has 4 rings (SSSR count). The van der Waals surface area contributed by atoms with Crippen LogP contribution in [0.3, 0.4) is 0 Å². The summed E-state index contributed by atoms with van der Waals surface area (Å²) in [5, 5.41) is 8.78. The van der Waals surface area contributed by atoms with Crippen LogP contribution < -0.4 is 4.74 Å². The second-order valence-corrected chi connectivity index (χ2v) is 7.10. The number of ether oxygens (including phenoxy) is 1. The van der Waals surface area contributed by atoms with Crippen molar-refractivity contribution in [3.05, 3.63) is 89.2 Å². The number of aryl methyl sites for hydroxylation is 2. The molecule has 4 heteroatoms. The molecule has 0 saturated carbocycles. The van der Waals surface area contributed by atoms with Gasteiger partial charge in [-0.3, -0.25) is 4.79 Å². The molecule has 1 atom stereocenters. The Morgan fingerprint density at radius 1 is 1.00 bits per heavy atom. The van der Waals surface area contributed by atoms with Gasteiger partial charge in [0.2, 0.25) is 0 Å². The molecular formula is C24H21FO3. The third-order valence-corrected chi connectivity index (χ3v) is 5.17. The van der Waals surface area contributed by atoms with Crippen LogP contribution in [-0.2, 0) is 17.6 Å². The number of hydrogen-bond acceptors (Lipinski definition) is 2. The highest BCUT2D eigenvalue weighted by Gasteiger charge is 2.24. The SMILES string of the molecule is O=C(O)CCc1ccc(OC2CCc3cc(-c4ccc(F)cc4)ccc32)cc1. The van der Waals surface area contributed by atoms with Crippen molar-refractivity contribution in [1.82, 2.24) is 0 Å². The van der Waals surface area contributed by atoms with E-state index in [2.05, 4.69) is 18.2 Å². The third kappa shape index (κ3) is 4.06. The second kappa shape index (κ2) is 7.85. The molecule has 142 valence electrons. The molecule has 0 bridgehead atoms. The van der Waals surface area contributed by atoms with Crippen molar-refractivity contribution in [1.29, 1.82) is 0 Å². The van der Waals surface area contributed by atoms with Crippen LogP contribution in [0.25, 0.3) is 11.1 Å². The highest BCUT2D eigenvalue weighted by atomic mass is 19.1. The number of carbonyl (C=O) groups is 1. The highest BCUT2D eigenvalue weighted by Crippen LogP contribution is 2.37. The zero-order valence-corrected chi connectivity index (χ0v) is 15.4. The van der Waals surface area contributed by atoms with Crippen LogP contribution in [0, 0.1) is 5.82 Å². The molecule has 1 aliphatic rings. The van der Waals surface area contributed by atoms with Gasteiger partial charge >= 0.3 is 5.97 Å². The maximum Gasteiger partial charge on any atom is 0.303 e. The molecule has 0 radical (unpaired) electrons. The van der Waals surface area contributed by atoms with Gasteiger partial charge in [0.25, 0.3) is 0 Å². The summed E-state index contributed by atoms with van der Waals surface area (Å²) in [5.41, 5.74) is 5.55. The number of hydrogen-bond donors (Lipinski definition) is 1. The van der Waals surface area contributed by atoms with Crippen LogP contribution in [0.15, 0.2) is 66.7 Å². The maximum atomic E-state index is 13.1. The molecule has 3 nitrogen and oxygen atoms in total. The summed E-state index contributed by atoms with van der Waals surface area (Å²) >= 11 is 0. The molecule has 0 heterocycles. The van der Waals surface area contributed by atoms with Crippen molar-refractivity contribution in [3.8, 4) is 16.9 Å². The van der Waals surface area contributed by atoms with Gasteiger partial charge in [-0.05, 0) is 71.3 Å². The van der Waals surface area contributed by atoms with Crippen molar-refractivity contribution in [2.75, 3.05) is 0 Å². The molecule has 1 aliphatic carbocycles. The van der Waals surface area contributed by atoms with E-state index in [0.717, 1.165) is 35.3 Å². The lowest BCUT2D eigenvalue weighted by atomic mass is 10.0. The van der Waals surface area contributed by atoms with E-state index in [1.807, 2.05) is 24.3 Å². The van der Waals surface area contributed by atoms with Gasteiger partial charge in [0.1, 0.15) is 17.7 Å². The van der Waals surface area contributed by atoms with Crippen LogP contribution in [0.4, 0.5) is 4.39 Å². The monoisotopic (exact) mass is 376 g/mol. The quantitative estimate of drug-likeness (QED) is 0.611. The van der Waals surface area contributed by atoms with Crippen molar-refractivity contribution in [3.63, 3.8) is 0 Å². The molecule has 0 saturated heterocycles. The number of rotatable bonds is 6. The van der Waals surface area contributed by atoms with Crippen molar-refractivity contribution >= 4 is 5.97 Å². The minimum Gasteiger partial charge on any atom is -0.486 e. The van der Waals surface area contributed by atoms with Crippen LogP contribution >= 0.6 is 0 Å². The number of aliphatic carboxylic acids is 1. The molecule has 0 aromatic heterocycles. The van der Waals surface area contributed by atoms with Crippen molar-refractivity contribution < 1.29 is 19.0 Å². The molecule has 1 unspecified atom stereocenters. The predicted molar refractivity (Wildman–Crippen MR) is 106 cm³/mol. The average Bonchev–Trinajstić information content (AvgIpc) is 3.10. The Labute approximate surface area is 163 Å². The first-order valence-corrected chi connectivity index (χ1v) is 9.44. The van der Waals surface area contributed by atoms with Gasteiger partial charge in [0.15, 0.2) is 0 Å². The van der Waals surface area contributed by atoms with Crippen LogP contribution in [-0.4, -0.2) is 11.1 Å². The van der Waals surface area contributed by atoms with E-state index in [-0.39, 0.29) is 18.3 Å². The van der Waals surface area contributed by atoms with Crippen molar-refractivity contribution in [2.24, 2.45) is 0 Å². The fourth-order valence-electron chi connectivity index (χ4n) is 3.67. The fraction of sp³-hybridized carbons (Fsp3) is 0.208. The van der Waals surface area contributed by atoms with E-state index in [9.17, 15) is 9.18 Å². The smallest absolute Gasteiger partial charge is 0.303 e. The van der Waals surface area contributed by atoms with Gasteiger partial charge < -0.3 is 9.84 Å². The molecule has 0 amide bonds. The maximum absolute atomic E-state index is 13.1. The van der Waals surface area contributed by atoms with Gasteiger partial charge in [-0.1, -0.05) is 42.5 Å². The largest absolute Gasteiger partial charge is 0.486 e. The number of carboxylic acids is 1. The molecule has 28 heavy (non-hydrogen) atoms. The molecule has 0 fully saturated rings. The van der Waals surface area contributed by atoms with Gasteiger partial charge in [-0.15, -0.1) is 0 Å². The lowest BCUT2D eigenvalue weighted by molar-refractivity contribution is -0.136. The second-order valence-electron chi connectivity index (χ2n) is 7.10. The van der Waals surface area contributed by atoms with E-state index in [4.69, 9.17) is 9.84 Å². The lowest BCUT2D eigenvalue weighted by Crippen LogP contribution is -2.03. The van der Waals surface area contributed by atoms with Crippen LogP contribution in [0.1, 0.15) is 35.6 Å². The predicted octanol–water partition coefficient (Wildman–Crippen LogP) is 5.58. The standard InChI is InChI=1S/C24H21FO3/c25-20-8-4-17(5-9-20)18-6-12-22-19(15-18)7-13-23(22)28-21-10-1-16(2-11-21)3-14-24(26)27/h1-2,4-6,8-12,15,23H,3,7,13-14H2,(H,26,27). The Morgan fingerprint density at radius 2 is 1.71 bits per heavy atom. The first-order valence-electron chi connectivity index (χ1n) is 9.44. The minimum absolute atomic E-state index is 0.0159. The summed E-state index contributed by atoms with van der Waals surface area (Å²) in [6.45, 7) is 0. The topological polar surface area (TPSA) is 46.5 Å². The Balaban J connectivity index is 1.46. The van der Waals surface area contributed by atoms with Crippen molar-refractivity contribution in [2.45, 2.75) is 31.8 Å². The Morgan fingerprint density at radius 3 is 2.43 bits per heavy atom. The van der Waals surface area contributed by atoms with E-state index in [1.54, 1.807) is 12.1 Å².